The van der Waals surface area contributed by atoms with Crippen molar-refractivity contribution in [1.82, 2.24) is 4.40 Å². The number of carbonyl (C=O) groups is 2. The number of carboxylic acids is 1. The van der Waals surface area contributed by atoms with Gasteiger partial charge in [-0.3, -0.25) is 14.0 Å². The Morgan fingerprint density at radius 3 is 2.68 bits per heavy atom. The Labute approximate surface area is 125 Å². The molecule has 0 spiro atoms. The van der Waals surface area contributed by atoms with Crippen molar-refractivity contribution in [3.8, 4) is 0 Å². The van der Waals surface area contributed by atoms with Crippen LogP contribution < -0.4 is 5.56 Å². The minimum Gasteiger partial charge on any atom is -0.477 e. The average molecular weight is 295 g/mol. The van der Waals surface area contributed by atoms with E-state index < -0.39 is 17.1 Å². The fourth-order valence-corrected chi connectivity index (χ4v) is 2.57. The molecule has 0 bridgehead atoms. The number of fused-ring (bicyclic) bond motifs is 1. The predicted octanol–water partition coefficient (Wildman–Crippen LogP) is 2.31. The molecule has 2 aromatic heterocycles. The van der Waals surface area contributed by atoms with Gasteiger partial charge in [0.1, 0.15) is 5.56 Å². The van der Waals surface area contributed by atoms with Crippen LogP contribution in [0, 0.1) is 5.92 Å². The highest BCUT2D eigenvalue weighted by atomic mass is 16.4. The third-order valence-corrected chi connectivity index (χ3v) is 3.69. The molecule has 0 saturated carbocycles. The second kappa shape index (κ2) is 5.44. The van der Waals surface area contributed by atoms with E-state index in [4.69, 9.17) is 0 Å². The largest absolute Gasteiger partial charge is 0.477 e. The minimum atomic E-state index is -1.34. The number of aromatic nitrogens is 1. The Hall–Kier alpha value is -2.95. The summed E-state index contributed by atoms with van der Waals surface area (Å²) in [6.07, 6.45) is 9.36. The van der Waals surface area contributed by atoms with E-state index in [-0.39, 0.29) is 17.3 Å². The van der Waals surface area contributed by atoms with Crippen LogP contribution in [0.4, 0.5) is 0 Å². The van der Waals surface area contributed by atoms with Crippen molar-refractivity contribution in [1.29, 1.82) is 0 Å². The smallest absolute Gasteiger partial charge is 0.341 e. The van der Waals surface area contributed by atoms with Gasteiger partial charge in [0.25, 0.3) is 5.56 Å². The first-order chi connectivity index (χ1) is 10.6. The minimum absolute atomic E-state index is 0.188. The van der Waals surface area contributed by atoms with Crippen molar-refractivity contribution in [2.45, 2.75) is 6.42 Å². The van der Waals surface area contributed by atoms with E-state index >= 15 is 0 Å². The van der Waals surface area contributed by atoms with Crippen molar-refractivity contribution in [2.24, 2.45) is 5.92 Å². The van der Waals surface area contributed by atoms with Crippen molar-refractivity contribution >= 4 is 17.3 Å². The highest BCUT2D eigenvalue weighted by molar-refractivity contribution is 6.06. The second-order valence-electron chi connectivity index (χ2n) is 5.06. The number of carboxylic acid groups (broad SMARTS) is 1. The monoisotopic (exact) mass is 295 g/mol. The van der Waals surface area contributed by atoms with Gasteiger partial charge < -0.3 is 5.11 Å². The summed E-state index contributed by atoms with van der Waals surface area (Å²) in [6.45, 7) is 0. The molecule has 22 heavy (non-hydrogen) atoms. The molecule has 2 aromatic rings. The van der Waals surface area contributed by atoms with Gasteiger partial charge in [0, 0.05) is 17.7 Å². The predicted molar refractivity (Wildman–Crippen MR) is 81.3 cm³/mol. The van der Waals surface area contributed by atoms with Gasteiger partial charge in [-0.1, -0.05) is 30.4 Å². The number of rotatable bonds is 3. The summed E-state index contributed by atoms with van der Waals surface area (Å²) >= 11 is 0. The summed E-state index contributed by atoms with van der Waals surface area (Å²) in [5.74, 6) is -1.86. The van der Waals surface area contributed by atoms with Crippen LogP contribution in [0.25, 0.3) is 5.52 Å². The lowest BCUT2D eigenvalue weighted by molar-refractivity contribution is 0.0694. The molecule has 0 fully saturated rings. The molecule has 5 nitrogen and oxygen atoms in total. The maximum Gasteiger partial charge on any atom is 0.341 e. The van der Waals surface area contributed by atoms with Crippen LogP contribution in [0.3, 0.4) is 0 Å². The molecule has 1 atom stereocenters. The summed E-state index contributed by atoms with van der Waals surface area (Å²) in [4.78, 5) is 36.1. The lowest BCUT2D eigenvalue weighted by atomic mass is 9.91. The van der Waals surface area contributed by atoms with Crippen LogP contribution >= 0.6 is 0 Å². The van der Waals surface area contributed by atoms with E-state index in [2.05, 4.69) is 0 Å². The molecule has 5 heteroatoms. The van der Waals surface area contributed by atoms with E-state index in [1.54, 1.807) is 30.4 Å². The number of ketones is 1. The van der Waals surface area contributed by atoms with Crippen molar-refractivity contribution in [2.75, 3.05) is 0 Å². The topological polar surface area (TPSA) is 75.8 Å². The summed E-state index contributed by atoms with van der Waals surface area (Å²) in [7, 11) is 0. The van der Waals surface area contributed by atoms with Gasteiger partial charge in [0.15, 0.2) is 5.78 Å². The number of hydrogen-bond acceptors (Lipinski definition) is 3. The lowest BCUT2D eigenvalue weighted by Crippen LogP contribution is -2.25. The van der Waals surface area contributed by atoms with Crippen molar-refractivity contribution < 1.29 is 14.7 Å². The molecule has 0 aliphatic heterocycles. The van der Waals surface area contributed by atoms with Crippen LogP contribution in [-0.2, 0) is 0 Å². The van der Waals surface area contributed by atoms with Gasteiger partial charge in [-0.2, -0.15) is 0 Å². The van der Waals surface area contributed by atoms with Crippen LogP contribution in [0.1, 0.15) is 27.1 Å². The number of carbonyl (C=O) groups excluding carboxylic acids is 1. The van der Waals surface area contributed by atoms with E-state index in [0.717, 1.165) is 0 Å². The summed E-state index contributed by atoms with van der Waals surface area (Å²) < 4.78 is 1.21. The molecule has 1 aliphatic rings. The lowest BCUT2D eigenvalue weighted by Gasteiger charge is -2.14. The van der Waals surface area contributed by atoms with E-state index in [1.807, 2.05) is 12.2 Å². The molecule has 0 aromatic carbocycles. The number of pyridine rings is 2. The van der Waals surface area contributed by atoms with Crippen LogP contribution in [0.5, 0.6) is 0 Å². The van der Waals surface area contributed by atoms with Gasteiger partial charge in [-0.25, -0.2) is 4.79 Å². The maximum atomic E-state index is 12.7. The summed E-state index contributed by atoms with van der Waals surface area (Å²) in [5.41, 5.74) is -0.367. The van der Waals surface area contributed by atoms with Crippen LogP contribution in [0.2, 0.25) is 0 Å². The summed E-state index contributed by atoms with van der Waals surface area (Å²) in [6, 6.07) is 6.16. The number of nitrogens with zero attached hydrogens (tertiary/aromatic N) is 1. The van der Waals surface area contributed by atoms with Gasteiger partial charge in [-0.15, -0.1) is 0 Å². The fraction of sp³-hybridized carbons (Fsp3) is 0.118. The zero-order valence-electron chi connectivity index (χ0n) is 11.6. The van der Waals surface area contributed by atoms with Crippen molar-refractivity contribution in [3.05, 3.63) is 76.2 Å². The molecule has 2 heterocycles. The Balaban J connectivity index is 2.24. The number of aromatic carboxylic acids is 1. The highest BCUT2D eigenvalue weighted by Crippen LogP contribution is 2.21. The first kappa shape index (κ1) is 14.0. The van der Waals surface area contributed by atoms with Gasteiger partial charge in [0.05, 0.1) is 5.52 Å². The fourth-order valence-electron chi connectivity index (χ4n) is 2.57. The molecule has 1 N–H and O–H groups in total. The molecular weight excluding hydrogens is 282 g/mol. The van der Waals surface area contributed by atoms with E-state index in [9.17, 15) is 19.5 Å². The third-order valence-electron chi connectivity index (χ3n) is 3.69. The first-order valence-electron chi connectivity index (χ1n) is 6.85. The van der Waals surface area contributed by atoms with E-state index in [1.165, 1.54) is 16.7 Å². The third kappa shape index (κ3) is 2.26. The Morgan fingerprint density at radius 1 is 1.18 bits per heavy atom. The molecule has 110 valence electrons. The zero-order chi connectivity index (χ0) is 15.7. The quantitative estimate of drug-likeness (QED) is 0.882. The van der Waals surface area contributed by atoms with Crippen molar-refractivity contribution in [3.63, 3.8) is 0 Å². The Kier molecular flexibility index (Phi) is 3.47. The zero-order valence-corrected chi connectivity index (χ0v) is 11.6. The van der Waals surface area contributed by atoms with Gasteiger partial charge in [0.2, 0.25) is 0 Å². The van der Waals surface area contributed by atoms with Gasteiger partial charge in [-0.05, 0) is 24.6 Å². The SMILES string of the molecule is O=C(O)c1cc(C(=O)C2C=CC=CC2)c2ccccn2c1=O. The summed E-state index contributed by atoms with van der Waals surface area (Å²) in [5, 5.41) is 9.19. The first-order valence-corrected chi connectivity index (χ1v) is 6.85. The molecule has 0 saturated heterocycles. The molecule has 3 rings (SSSR count). The second-order valence-corrected chi connectivity index (χ2v) is 5.06. The Morgan fingerprint density at radius 2 is 2.00 bits per heavy atom. The molecule has 1 aliphatic carbocycles. The van der Waals surface area contributed by atoms with Crippen LogP contribution in [-0.4, -0.2) is 21.3 Å². The standard InChI is InChI=1S/C17H13NO4/c19-15(11-6-2-1-3-7-11)12-10-13(17(21)22)16(20)18-9-5-4-8-14(12)18/h1-6,8-11H,7H2,(H,21,22). The number of allylic oxidation sites excluding steroid dienone is 4. The Bertz CT molecular complexity index is 889. The molecule has 0 amide bonds. The van der Waals surface area contributed by atoms with Crippen LogP contribution in [0.15, 0.2) is 59.6 Å². The molecular formula is C17H13NO4. The maximum absolute atomic E-state index is 12.7. The highest BCUT2D eigenvalue weighted by Gasteiger charge is 2.23. The van der Waals surface area contributed by atoms with E-state index in [0.29, 0.717) is 11.9 Å². The van der Waals surface area contributed by atoms with Gasteiger partial charge >= 0.3 is 5.97 Å². The average Bonchev–Trinajstić information content (AvgIpc) is 2.55. The molecule has 1 unspecified atom stereocenters. The number of hydrogen-bond donors (Lipinski definition) is 1. The molecule has 0 radical (unpaired) electrons. The number of Topliss-reactive ketones (excluding diaryl/α,β-unsaturated/α-hetero) is 1. The normalized spacial score (nSPS) is 16.8.